The lowest BCUT2D eigenvalue weighted by molar-refractivity contribution is -0.148. The number of thiazole rings is 1. The van der Waals surface area contributed by atoms with Crippen LogP contribution in [0.4, 0.5) is 5.13 Å². The average Bonchev–Trinajstić information content (AvgIpc) is 3.12. The highest BCUT2D eigenvalue weighted by Crippen LogP contribution is 2.36. The number of esters is 1. The molecule has 1 aliphatic carbocycles. The van der Waals surface area contributed by atoms with Crippen molar-refractivity contribution in [3.63, 3.8) is 0 Å². The second-order valence-corrected chi connectivity index (χ2v) is 7.47. The molecule has 5 heteroatoms. The second kappa shape index (κ2) is 6.34. The Labute approximate surface area is 131 Å². The highest BCUT2D eigenvalue weighted by atomic mass is 32.1. The Hall–Kier alpha value is -1.10. The van der Waals surface area contributed by atoms with Crippen molar-refractivity contribution in [2.24, 2.45) is 5.92 Å². The van der Waals surface area contributed by atoms with Gasteiger partial charge < -0.3 is 9.64 Å². The third kappa shape index (κ3) is 3.76. The van der Waals surface area contributed by atoms with E-state index < -0.39 is 5.41 Å². The van der Waals surface area contributed by atoms with Gasteiger partial charge in [-0.1, -0.05) is 13.8 Å². The number of aromatic nitrogens is 1. The summed E-state index contributed by atoms with van der Waals surface area (Å²) in [5, 5.41) is 3.04. The minimum atomic E-state index is -0.683. The SMILES string of the molecule is CCOC(=O)C(C)(C)c1csc(N(CC(C)C)C2CC2)n1. The smallest absolute Gasteiger partial charge is 0.317 e. The zero-order valence-electron chi connectivity index (χ0n) is 13.7. The van der Waals surface area contributed by atoms with E-state index in [2.05, 4.69) is 18.7 Å². The maximum Gasteiger partial charge on any atom is 0.317 e. The Balaban J connectivity index is 2.17. The number of hydrogen-bond acceptors (Lipinski definition) is 5. The molecule has 118 valence electrons. The van der Waals surface area contributed by atoms with Gasteiger partial charge in [0.15, 0.2) is 5.13 Å². The molecular formula is C16H26N2O2S. The van der Waals surface area contributed by atoms with E-state index in [1.807, 2.05) is 26.2 Å². The number of hydrogen-bond donors (Lipinski definition) is 0. The highest BCUT2D eigenvalue weighted by molar-refractivity contribution is 7.13. The summed E-state index contributed by atoms with van der Waals surface area (Å²) in [6, 6.07) is 0.636. The Morgan fingerprint density at radius 1 is 1.52 bits per heavy atom. The summed E-state index contributed by atoms with van der Waals surface area (Å²) < 4.78 is 5.17. The molecule has 1 aliphatic rings. The molecule has 1 saturated carbocycles. The van der Waals surface area contributed by atoms with Crippen molar-refractivity contribution >= 4 is 22.4 Å². The van der Waals surface area contributed by atoms with E-state index in [0.717, 1.165) is 17.4 Å². The third-order valence-corrected chi connectivity index (χ3v) is 4.59. The molecule has 1 aromatic rings. The lowest BCUT2D eigenvalue weighted by Gasteiger charge is -2.24. The maximum absolute atomic E-state index is 12.1. The van der Waals surface area contributed by atoms with Crippen LogP contribution in [0.3, 0.4) is 0 Å². The third-order valence-electron chi connectivity index (χ3n) is 3.71. The lowest BCUT2D eigenvalue weighted by atomic mass is 9.90. The first-order valence-electron chi connectivity index (χ1n) is 7.76. The van der Waals surface area contributed by atoms with Crippen LogP contribution in [0.15, 0.2) is 5.38 Å². The molecule has 0 atom stereocenters. The normalized spacial score (nSPS) is 15.3. The number of anilines is 1. The summed E-state index contributed by atoms with van der Waals surface area (Å²) in [7, 11) is 0. The molecule has 0 aromatic carbocycles. The van der Waals surface area contributed by atoms with Crippen LogP contribution in [0, 0.1) is 5.92 Å². The van der Waals surface area contributed by atoms with Gasteiger partial charge >= 0.3 is 5.97 Å². The molecule has 0 N–H and O–H groups in total. The van der Waals surface area contributed by atoms with Crippen molar-refractivity contribution < 1.29 is 9.53 Å². The lowest BCUT2D eigenvalue weighted by Crippen LogP contribution is -2.32. The molecule has 1 fully saturated rings. The molecule has 0 spiro atoms. The zero-order valence-corrected chi connectivity index (χ0v) is 14.5. The van der Waals surface area contributed by atoms with Gasteiger partial charge in [-0.3, -0.25) is 4.79 Å². The molecule has 0 unspecified atom stereocenters. The molecule has 0 amide bonds. The Morgan fingerprint density at radius 3 is 2.71 bits per heavy atom. The standard InChI is InChI=1S/C16H26N2O2S/c1-6-20-14(19)16(4,5)13-10-21-15(17-13)18(9-11(2)3)12-7-8-12/h10-12H,6-9H2,1-5H3. The van der Waals surface area contributed by atoms with Crippen LogP contribution in [0.1, 0.15) is 53.2 Å². The van der Waals surface area contributed by atoms with Crippen LogP contribution in [-0.2, 0) is 14.9 Å². The molecule has 1 heterocycles. The van der Waals surface area contributed by atoms with Crippen LogP contribution in [0.25, 0.3) is 0 Å². The summed E-state index contributed by atoms with van der Waals surface area (Å²) in [5.74, 6) is 0.402. The van der Waals surface area contributed by atoms with Gasteiger partial charge in [0.1, 0.15) is 5.41 Å². The summed E-state index contributed by atoms with van der Waals surface area (Å²) in [4.78, 5) is 19.2. The summed E-state index contributed by atoms with van der Waals surface area (Å²) in [5.41, 5.74) is 0.132. The van der Waals surface area contributed by atoms with Crippen LogP contribution < -0.4 is 4.90 Å². The fourth-order valence-electron chi connectivity index (χ4n) is 2.26. The topological polar surface area (TPSA) is 42.4 Å². The minimum absolute atomic E-state index is 0.205. The van der Waals surface area contributed by atoms with Gasteiger partial charge in [-0.05, 0) is 39.5 Å². The van der Waals surface area contributed by atoms with Crippen molar-refractivity contribution in [3.8, 4) is 0 Å². The van der Waals surface area contributed by atoms with Crippen molar-refractivity contribution in [1.82, 2.24) is 4.98 Å². The molecule has 0 bridgehead atoms. The van der Waals surface area contributed by atoms with Crippen molar-refractivity contribution in [2.75, 3.05) is 18.1 Å². The van der Waals surface area contributed by atoms with Gasteiger partial charge in [0.2, 0.25) is 0 Å². The fraction of sp³-hybridized carbons (Fsp3) is 0.750. The molecule has 1 aromatic heterocycles. The van der Waals surface area contributed by atoms with Gasteiger partial charge in [-0.2, -0.15) is 0 Å². The molecule has 4 nitrogen and oxygen atoms in total. The van der Waals surface area contributed by atoms with E-state index in [9.17, 15) is 4.79 Å². The minimum Gasteiger partial charge on any atom is -0.465 e. The number of nitrogens with zero attached hydrogens (tertiary/aromatic N) is 2. The molecule has 21 heavy (non-hydrogen) atoms. The predicted molar refractivity (Wildman–Crippen MR) is 87.0 cm³/mol. The monoisotopic (exact) mass is 310 g/mol. The van der Waals surface area contributed by atoms with Crippen molar-refractivity contribution in [3.05, 3.63) is 11.1 Å². The van der Waals surface area contributed by atoms with Crippen LogP contribution in [-0.4, -0.2) is 30.1 Å². The van der Waals surface area contributed by atoms with Gasteiger partial charge in [-0.25, -0.2) is 4.98 Å². The Kier molecular flexibility index (Phi) is 4.91. The van der Waals surface area contributed by atoms with E-state index in [1.54, 1.807) is 11.3 Å². The maximum atomic E-state index is 12.1. The quantitative estimate of drug-likeness (QED) is 0.722. The van der Waals surface area contributed by atoms with Crippen molar-refractivity contribution in [2.45, 2.75) is 58.9 Å². The zero-order chi connectivity index (χ0) is 15.6. The molecule has 0 aliphatic heterocycles. The fourth-order valence-corrected chi connectivity index (χ4v) is 3.34. The average molecular weight is 310 g/mol. The largest absolute Gasteiger partial charge is 0.465 e. The number of rotatable bonds is 7. The molecule has 0 saturated heterocycles. The predicted octanol–water partition coefficient (Wildman–Crippen LogP) is 3.61. The van der Waals surface area contributed by atoms with Gasteiger partial charge in [0.05, 0.1) is 12.3 Å². The number of carbonyl (C=O) groups excluding carboxylic acids is 1. The highest BCUT2D eigenvalue weighted by Gasteiger charge is 2.36. The number of ether oxygens (including phenoxy) is 1. The Morgan fingerprint density at radius 2 is 2.19 bits per heavy atom. The van der Waals surface area contributed by atoms with Crippen LogP contribution in [0.5, 0.6) is 0 Å². The van der Waals surface area contributed by atoms with Crippen LogP contribution >= 0.6 is 11.3 Å². The molecular weight excluding hydrogens is 284 g/mol. The van der Waals surface area contributed by atoms with Crippen LogP contribution in [0.2, 0.25) is 0 Å². The molecule has 2 rings (SSSR count). The first kappa shape index (κ1) is 16.3. The van der Waals surface area contributed by atoms with E-state index in [1.165, 1.54) is 12.8 Å². The first-order valence-corrected chi connectivity index (χ1v) is 8.64. The van der Waals surface area contributed by atoms with E-state index in [4.69, 9.17) is 9.72 Å². The summed E-state index contributed by atoms with van der Waals surface area (Å²) in [6.45, 7) is 11.5. The first-order chi connectivity index (χ1) is 9.86. The number of carbonyl (C=O) groups is 1. The second-order valence-electron chi connectivity index (χ2n) is 6.64. The van der Waals surface area contributed by atoms with E-state index in [-0.39, 0.29) is 5.97 Å². The van der Waals surface area contributed by atoms with E-state index in [0.29, 0.717) is 18.6 Å². The van der Waals surface area contributed by atoms with Crippen molar-refractivity contribution in [1.29, 1.82) is 0 Å². The van der Waals surface area contributed by atoms with E-state index >= 15 is 0 Å². The van der Waals surface area contributed by atoms with Gasteiger partial charge in [0.25, 0.3) is 0 Å². The summed E-state index contributed by atoms with van der Waals surface area (Å²) >= 11 is 1.64. The summed E-state index contributed by atoms with van der Waals surface area (Å²) in [6.07, 6.45) is 2.51. The molecule has 0 radical (unpaired) electrons. The van der Waals surface area contributed by atoms with Gasteiger partial charge in [-0.15, -0.1) is 11.3 Å². The van der Waals surface area contributed by atoms with Gasteiger partial charge in [0, 0.05) is 18.0 Å². The Bertz CT molecular complexity index is 492.